The molecule has 0 radical (unpaired) electrons. The summed E-state index contributed by atoms with van der Waals surface area (Å²) in [5, 5.41) is 21.7. The lowest BCUT2D eigenvalue weighted by Gasteiger charge is -2.29. The lowest BCUT2D eigenvalue weighted by Crippen LogP contribution is -2.32. The van der Waals surface area contributed by atoms with E-state index in [4.69, 9.17) is 14.4 Å². The monoisotopic (exact) mass is 517 g/mol. The van der Waals surface area contributed by atoms with Gasteiger partial charge in [0, 0.05) is 18.5 Å². The first-order chi connectivity index (χ1) is 17.5. The number of aryl methyl sites for hydroxylation is 1. The lowest BCUT2D eigenvalue weighted by atomic mass is 9.75. The number of hydrogen-bond donors (Lipinski definition) is 4. The molecule has 1 aromatic carbocycles. The lowest BCUT2D eigenvalue weighted by molar-refractivity contribution is -0.129. The summed E-state index contributed by atoms with van der Waals surface area (Å²) in [7, 11) is 0. The minimum absolute atomic E-state index is 0.117. The number of nitrogens with zero attached hydrogens (tertiary/aromatic N) is 1. The SMILES string of the molecule is CCC(CC)(c1ccc(C(=O)NCCCCCC(=O)NO)cc1)c1nc(C)c(OCC(O)C(C)(C)C)o1. The maximum Gasteiger partial charge on any atom is 0.308 e. The number of aliphatic hydroxyl groups is 1. The van der Waals surface area contributed by atoms with Crippen molar-refractivity contribution in [2.45, 2.75) is 91.6 Å². The number of hydrogen-bond acceptors (Lipinski definition) is 7. The molecule has 4 N–H and O–H groups in total. The number of oxazole rings is 1. The molecular formula is C28H43N3O6. The third-order valence-corrected chi connectivity index (χ3v) is 6.93. The molecule has 2 aromatic rings. The molecule has 1 unspecified atom stereocenters. The van der Waals surface area contributed by atoms with E-state index in [-0.39, 0.29) is 24.3 Å². The molecule has 0 spiro atoms. The molecule has 0 aliphatic carbocycles. The Kier molecular flexibility index (Phi) is 11.1. The van der Waals surface area contributed by atoms with Crippen LogP contribution in [-0.4, -0.2) is 46.4 Å². The number of rotatable bonds is 14. The third kappa shape index (κ3) is 8.04. The normalized spacial score (nSPS) is 12.8. The summed E-state index contributed by atoms with van der Waals surface area (Å²) in [6.07, 6.45) is 3.28. The molecule has 1 aromatic heterocycles. The number of benzene rings is 1. The van der Waals surface area contributed by atoms with Crippen LogP contribution >= 0.6 is 0 Å². The van der Waals surface area contributed by atoms with Crippen LogP contribution in [0.15, 0.2) is 28.7 Å². The summed E-state index contributed by atoms with van der Waals surface area (Å²) < 4.78 is 11.9. The average molecular weight is 518 g/mol. The highest BCUT2D eigenvalue weighted by Gasteiger charge is 2.37. The molecule has 206 valence electrons. The van der Waals surface area contributed by atoms with Crippen molar-refractivity contribution in [2.24, 2.45) is 5.41 Å². The zero-order valence-electron chi connectivity index (χ0n) is 23.0. The van der Waals surface area contributed by atoms with Gasteiger partial charge >= 0.3 is 5.95 Å². The summed E-state index contributed by atoms with van der Waals surface area (Å²) in [6, 6.07) is 7.50. The second-order valence-corrected chi connectivity index (χ2v) is 10.6. The first-order valence-electron chi connectivity index (χ1n) is 13.1. The van der Waals surface area contributed by atoms with Crippen LogP contribution < -0.4 is 15.5 Å². The van der Waals surface area contributed by atoms with Crippen LogP contribution in [0, 0.1) is 12.3 Å². The van der Waals surface area contributed by atoms with Gasteiger partial charge in [-0.1, -0.05) is 53.2 Å². The highest BCUT2D eigenvalue weighted by atomic mass is 16.6. The number of aromatic nitrogens is 1. The van der Waals surface area contributed by atoms with E-state index >= 15 is 0 Å². The molecule has 9 heteroatoms. The largest absolute Gasteiger partial charge is 0.461 e. The summed E-state index contributed by atoms with van der Waals surface area (Å²) in [6.45, 7) is 12.5. The van der Waals surface area contributed by atoms with E-state index in [1.807, 2.05) is 52.0 Å². The van der Waals surface area contributed by atoms with Crippen LogP contribution in [-0.2, 0) is 10.2 Å². The maximum absolute atomic E-state index is 12.6. The first kappa shape index (κ1) is 30.3. The number of nitrogens with one attached hydrogen (secondary N) is 2. The minimum atomic E-state index is -0.644. The number of carbonyl (C=O) groups is 2. The Morgan fingerprint density at radius 1 is 1.08 bits per heavy atom. The van der Waals surface area contributed by atoms with Crippen molar-refractivity contribution >= 4 is 11.8 Å². The van der Waals surface area contributed by atoms with E-state index in [2.05, 4.69) is 24.1 Å². The fourth-order valence-electron chi connectivity index (χ4n) is 4.10. The molecule has 37 heavy (non-hydrogen) atoms. The fourth-order valence-corrected chi connectivity index (χ4v) is 4.10. The molecule has 0 aliphatic heterocycles. The zero-order valence-corrected chi connectivity index (χ0v) is 23.0. The van der Waals surface area contributed by atoms with E-state index < -0.39 is 17.4 Å². The van der Waals surface area contributed by atoms with Crippen LogP contribution in [0.25, 0.3) is 0 Å². The van der Waals surface area contributed by atoms with Gasteiger partial charge in [-0.05, 0) is 55.7 Å². The molecule has 0 aliphatic rings. The number of unbranched alkanes of at least 4 members (excludes halogenated alkanes) is 2. The Hall–Kier alpha value is -2.91. The van der Waals surface area contributed by atoms with Crippen LogP contribution in [0.2, 0.25) is 0 Å². The van der Waals surface area contributed by atoms with Gasteiger partial charge in [0.05, 0.1) is 11.5 Å². The maximum atomic E-state index is 12.6. The van der Waals surface area contributed by atoms with Crippen molar-refractivity contribution < 1.29 is 29.1 Å². The van der Waals surface area contributed by atoms with Crippen molar-refractivity contribution in [2.75, 3.05) is 13.2 Å². The summed E-state index contributed by atoms with van der Waals surface area (Å²) >= 11 is 0. The topological polar surface area (TPSA) is 134 Å². The summed E-state index contributed by atoms with van der Waals surface area (Å²) in [5.74, 6) is 0.320. The second kappa shape index (κ2) is 13.6. The number of amides is 2. The minimum Gasteiger partial charge on any atom is -0.461 e. The average Bonchev–Trinajstić information content (AvgIpc) is 3.25. The first-order valence-corrected chi connectivity index (χ1v) is 13.1. The Balaban J connectivity index is 2.07. The van der Waals surface area contributed by atoms with Crippen LogP contribution in [0.3, 0.4) is 0 Å². The molecular weight excluding hydrogens is 474 g/mol. The predicted molar refractivity (Wildman–Crippen MR) is 141 cm³/mol. The van der Waals surface area contributed by atoms with E-state index in [1.54, 1.807) is 5.48 Å². The zero-order chi connectivity index (χ0) is 27.6. The molecule has 1 atom stereocenters. The van der Waals surface area contributed by atoms with Crippen LogP contribution in [0.1, 0.15) is 101 Å². The molecule has 9 nitrogen and oxygen atoms in total. The van der Waals surface area contributed by atoms with Crippen LogP contribution in [0.5, 0.6) is 5.95 Å². The predicted octanol–water partition coefficient (Wildman–Crippen LogP) is 4.67. The standard InChI is InChI=1S/C28H43N3O6/c1-7-28(8-2,26-30-19(3)25(37-26)36-18-22(32)27(4,5)6)21-15-13-20(14-16-21)24(34)29-17-11-9-10-12-23(33)31-35/h13-16,22,32,35H,7-12,17-18H2,1-6H3,(H,29,34)(H,31,33). The summed E-state index contributed by atoms with van der Waals surface area (Å²) in [4.78, 5) is 28.3. The Morgan fingerprint density at radius 3 is 2.30 bits per heavy atom. The van der Waals surface area contributed by atoms with Gasteiger partial charge in [-0.3, -0.25) is 14.8 Å². The van der Waals surface area contributed by atoms with Gasteiger partial charge in [-0.2, -0.15) is 0 Å². The molecule has 0 saturated heterocycles. The van der Waals surface area contributed by atoms with E-state index in [9.17, 15) is 14.7 Å². The van der Waals surface area contributed by atoms with Gasteiger partial charge in [-0.15, -0.1) is 0 Å². The number of hydroxylamine groups is 1. The van der Waals surface area contributed by atoms with E-state index in [0.29, 0.717) is 36.1 Å². The van der Waals surface area contributed by atoms with Gasteiger partial charge < -0.3 is 19.6 Å². The summed E-state index contributed by atoms with van der Waals surface area (Å²) in [5.41, 5.74) is 3.02. The molecule has 0 bridgehead atoms. The number of ether oxygens (including phenoxy) is 1. The Bertz CT molecular complexity index is 1010. The fraction of sp³-hybridized carbons (Fsp3) is 0.607. The van der Waals surface area contributed by atoms with Crippen molar-refractivity contribution in [3.63, 3.8) is 0 Å². The van der Waals surface area contributed by atoms with E-state index in [0.717, 1.165) is 31.2 Å². The van der Waals surface area contributed by atoms with Gasteiger partial charge in [0.1, 0.15) is 12.3 Å². The van der Waals surface area contributed by atoms with Crippen molar-refractivity contribution in [3.05, 3.63) is 47.0 Å². The molecule has 2 rings (SSSR count). The molecule has 0 fully saturated rings. The van der Waals surface area contributed by atoms with Gasteiger partial charge in [0.15, 0.2) is 0 Å². The Morgan fingerprint density at radius 2 is 1.73 bits per heavy atom. The van der Waals surface area contributed by atoms with E-state index in [1.165, 1.54) is 0 Å². The molecule has 1 heterocycles. The smallest absolute Gasteiger partial charge is 0.308 e. The molecule has 0 saturated carbocycles. The number of aliphatic hydroxyl groups excluding tert-OH is 1. The highest BCUT2D eigenvalue weighted by Crippen LogP contribution is 2.40. The molecule has 2 amide bonds. The van der Waals surface area contributed by atoms with Gasteiger partial charge in [0.2, 0.25) is 11.8 Å². The second-order valence-electron chi connectivity index (χ2n) is 10.6. The third-order valence-electron chi connectivity index (χ3n) is 6.93. The highest BCUT2D eigenvalue weighted by molar-refractivity contribution is 5.94. The van der Waals surface area contributed by atoms with Crippen molar-refractivity contribution in [3.8, 4) is 5.95 Å². The quantitative estimate of drug-likeness (QED) is 0.162. The van der Waals surface area contributed by atoms with Crippen molar-refractivity contribution in [1.82, 2.24) is 15.8 Å². The Labute approximate surface area is 220 Å². The van der Waals surface area contributed by atoms with Crippen molar-refractivity contribution in [1.29, 1.82) is 0 Å². The van der Waals surface area contributed by atoms with Gasteiger partial charge in [0.25, 0.3) is 5.91 Å². The number of carbonyl (C=O) groups excluding carboxylic acids is 2. The van der Waals surface area contributed by atoms with Crippen LogP contribution in [0.4, 0.5) is 0 Å². The van der Waals surface area contributed by atoms with Gasteiger partial charge in [-0.25, -0.2) is 10.5 Å².